The van der Waals surface area contributed by atoms with Crippen LogP contribution in [0.2, 0.25) is 0 Å². The van der Waals surface area contributed by atoms with Crippen LogP contribution in [0.1, 0.15) is 59.3 Å². The highest BCUT2D eigenvalue weighted by Gasteiger charge is 2.25. The molecule has 138 valence electrons. The molecule has 0 amide bonds. The van der Waals surface area contributed by atoms with Crippen LogP contribution < -0.4 is 0 Å². The fourth-order valence-corrected chi connectivity index (χ4v) is 2.81. The first-order chi connectivity index (χ1) is 11.9. The Balaban J connectivity index is 2.62. The van der Waals surface area contributed by atoms with Gasteiger partial charge in [-0.15, -0.1) is 0 Å². The molecule has 0 spiro atoms. The van der Waals surface area contributed by atoms with Crippen molar-refractivity contribution in [2.24, 2.45) is 0 Å². The zero-order valence-corrected chi connectivity index (χ0v) is 16.1. The van der Waals surface area contributed by atoms with Crippen molar-refractivity contribution in [2.45, 2.75) is 59.3 Å². The molecule has 0 N–H and O–H groups in total. The van der Waals surface area contributed by atoms with E-state index in [1.54, 1.807) is 0 Å². The second-order valence-corrected chi connectivity index (χ2v) is 6.59. The highest BCUT2D eigenvalue weighted by Crippen LogP contribution is 2.29. The molecule has 0 bridgehead atoms. The van der Waals surface area contributed by atoms with E-state index >= 15 is 0 Å². The number of carbonyl (C=O) groups excluding carboxylic acids is 2. The van der Waals surface area contributed by atoms with Crippen LogP contribution in [-0.2, 0) is 19.1 Å². The van der Waals surface area contributed by atoms with Gasteiger partial charge in [0.2, 0.25) is 0 Å². The van der Waals surface area contributed by atoms with Gasteiger partial charge < -0.3 is 9.47 Å². The minimum absolute atomic E-state index is 0.409. The zero-order chi connectivity index (χ0) is 18.8. The molecule has 0 aromatic rings. The first-order valence-electron chi connectivity index (χ1n) is 8.74. The lowest BCUT2D eigenvalue weighted by atomic mass is 9.89. The molecule has 4 nitrogen and oxygen atoms in total. The Morgan fingerprint density at radius 2 is 1.64 bits per heavy atom. The summed E-state index contributed by atoms with van der Waals surface area (Å²) < 4.78 is 9.59. The average Bonchev–Trinajstić information content (AvgIpc) is 2.59. The quantitative estimate of drug-likeness (QED) is 0.467. The van der Waals surface area contributed by atoms with Gasteiger partial charge in [0.25, 0.3) is 0 Å². The summed E-state index contributed by atoms with van der Waals surface area (Å²) in [4.78, 5) is 23.8. The summed E-state index contributed by atoms with van der Waals surface area (Å²) in [5.74, 6) is -0.898. The van der Waals surface area contributed by atoms with Crippen LogP contribution in [0, 0.1) is 0 Å². The van der Waals surface area contributed by atoms with Crippen LogP contribution in [0.15, 0.2) is 46.1 Å². The Hall–Kier alpha value is -2.10. The van der Waals surface area contributed by atoms with Crippen molar-refractivity contribution in [3.8, 4) is 0 Å². The van der Waals surface area contributed by atoms with E-state index in [-0.39, 0.29) is 0 Å². The van der Waals surface area contributed by atoms with Gasteiger partial charge in [-0.05, 0) is 52.9 Å². The van der Waals surface area contributed by atoms with Crippen LogP contribution in [0.25, 0.3) is 0 Å². The van der Waals surface area contributed by atoms with Crippen LogP contribution >= 0.6 is 0 Å². The van der Waals surface area contributed by atoms with E-state index in [4.69, 9.17) is 9.47 Å². The average molecular weight is 346 g/mol. The van der Waals surface area contributed by atoms with Gasteiger partial charge in [0.1, 0.15) is 0 Å². The smallest absolute Gasteiger partial charge is 0.334 e. The van der Waals surface area contributed by atoms with Crippen molar-refractivity contribution in [1.82, 2.24) is 0 Å². The minimum atomic E-state index is -0.453. The summed E-state index contributed by atoms with van der Waals surface area (Å²) in [5, 5.41) is 0. The predicted molar refractivity (Wildman–Crippen MR) is 100 cm³/mol. The third-order valence-electron chi connectivity index (χ3n) is 4.28. The number of ether oxygens (including phenoxy) is 2. The molecule has 1 aliphatic carbocycles. The molecule has 0 heterocycles. The maximum atomic E-state index is 12.0. The Morgan fingerprint density at radius 3 is 2.24 bits per heavy atom. The SMILES string of the molecule is COC(=O)C1=C(C(=O)OC)CC(CC/C=C(/C)CCC=C(C)C)=CC1. The fourth-order valence-electron chi connectivity index (χ4n) is 2.81. The third kappa shape index (κ3) is 7.12. The lowest BCUT2D eigenvalue weighted by Crippen LogP contribution is -2.17. The van der Waals surface area contributed by atoms with Crippen molar-refractivity contribution < 1.29 is 19.1 Å². The molecule has 1 rings (SSSR count). The molecule has 0 aromatic heterocycles. The Labute approximate surface area is 151 Å². The van der Waals surface area contributed by atoms with E-state index in [9.17, 15) is 9.59 Å². The molecule has 0 fully saturated rings. The summed E-state index contributed by atoms with van der Waals surface area (Å²) in [7, 11) is 2.66. The van der Waals surface area contributed by atoms with Gasteiger partial charge in [0, 0.05) is 6.42 Å². The summed E-state index contributed by atoms with van der Waals surface area (Å²) in [6.45, 7) is 6.39. The molecule has 0 radical (unpaired) electrons. The normalized spacial score (nSPS) is 14.8. The number of hydrogen-bond acceptors (Lipinski definition) is 4. The first kappa shape index (κ1) is 20.9. The monoisotopic (exact) mass is 346 g/mol. The molecule has 0 aliphatic heterocycles. The first-order valence-corrected chi connectivity index (χ1v) is 8.74. The summed E-state index contributed by atoms with van der Waals surface area (Å²) in [6, 6.07) is 0. The summed E-state index contributed by atoms with van der Waals surface area (Å²) in [5.41, 5.74) is 4.74. The molecule has 25 heavy (non-hydrogen) atoms. The van der Waals surface area contributed by atoms with Crippen molar-refractivity contribution >= 4 is 11.9 Å². The zero-order valence-electron chi connectivity index (χ0n) is 16.1. The lowest BCUT2D eigenvalue weighted by molar-refractivity contribution is -0.139. The molecule has 1 aliphatic rings. The van der Waals surface area contributed by atoms with Crippen molar-refractivity contribution in [1.29, 1.82) is 0 Å². The van der Waals surface area contributed by atoms with Crippen molar-refractivity contribution in [3.63, 3.8) is 0 Å². The Bertz CT molecular complexity index is 614. The van der Waals surface area contributed by atoms with E-state index in [1.807, 2.05) is 6.08 Å². The second kappa shape index (κ2) is 10.7. The number of carbonyl (C=O) groups is 2. The van der Waals surface area contributed by atoms with Gasteiger partial charge in [-0.1, -0.05) is 34.9 Å². The maximum absolute atomic E-state index is 12.0. The van der Waals surface area contributed by atoms with Gasteiger partial charge in [0.15, 0.2) is 0 Å². The van der Waals surface area contributed by atoms with Crippen LogP contribution in [0.3, 0.4) is 0 Å². The largest absolute Gasteiger partial charge is 0.466 e. The molecule has 0 atom stereocenters. The lowest BCUT2D eigenvalue weighted by Gasteiger charge is -2.18. The van der Waals surface area contributed by atoms with Gasteiger partial charge in [0.05, 0.1) is 25.4 Å². The molecular weight excluding hydrogens is 316 g/mol. The van der Waals surface area contributed by atoms with Crippen molar-refractivity contribution in [3.05, 3.63) is 46.1 Å². The molecular formula is C21H30O4. The molecule has 4 heteroatoms. The van der Waals surface area contributed by atoms with E-state index in [1.165, 1.54) is 30.9 Å². The summed E-state index contributed by atoms with van der Waals surface area (Å²) in [6.07, 6.45) is 11.4. The Morgan fingerprint density at radius 1 is 1.00 bits per heavy atom. The summed E-state index contributed by atoms with van der Waals surface area (Å²) >= 11 is 0. The fraction of sp³-hybridized carbons (Fsp3) is 0.524. The van der Waals surface area contributed by atoms with Crippen molar-refractivity contribution in [2.75, 3.05) is 14.2 Å². The molecule has 0 unspecified atom stereocenters. The number of rotatable bonds is 8. The Kier molecular flexibility index (Phi) is 8.96. The van der Waals surface area contributed by atoms with E-state index in [0.29, 0.717) is 24.0 Å². The number of methoxy groups -OCH3 is 2. The predicted octanol–water partition coefficient (Wildman–Crippen LogP) is 4.82. The van der Waals surface area contributed by atoms with E-state index < -0.39 is 11.9 Å². The highest BCUT2D eigenvalue weighted by atomic mass is 16.5. The van der Waals surface area contributed by atoms with Crippen LogP contribution in [0.5, 0.6) is 0 Å². The molecule has 0 aromatic carbocycles. The molecule has 0 saturated heterocycles. The number of hydrogen-bond donors (Lipinski definition) is 0. The second-order valence-electron chi connectivity index (χ2n) is 6.59. The third-order valence-corrected chi connectivity index (χ3v) is 4.28. The molecule has 0 saturated carbocycles. The van der Waals surface area contributed by atoms with Gasteiger partial charge in [-0.25, -0.2) is 9.59 Å². The highest BCUT2D eigenvalue weighted by molar-refractivity contribution is 6.01. The van der Waals surface area contributed by atoms with Gasteiger partial charge in [-0.2, -0.15) is 0 Å². The van der Waals surface area contributed by atoms with E-state index in [2.05, 4.69) is 32.9 Å². The minimum Gasteiger partial charge on any atom is -0.466 e. The number of esters is 2. The number of allylic oxidation sites excluding steroid dienone is 6. The van der Waals surface area contributed by atoms with Crippen LogP contribution in [-0.4, -0.2) is 26.2 Å². The van der Waals surface area contributed by atoms with E-state index in [0.717, 1.165) is 25.7 Å². The van der Waals surface area contributed by atoms with Gasteiger partial charge >= 0.3 is 11.9 Å². The van der Waals surface area contributed by atoms with Crippen LogP contribution in [0.4, 0.5) is 0 Å². The topological polar surface area (TPSA) is 52.6 Å². The standard InChI is InChI=1S/C21H30O4/c1-15(2)8-6-9-16(3)10-7-11-17-12-13-18(20(22)24-4)19(14-17)21(23)25-5/h8,10,12H,6-7,9,11,13-14H2,1-5H3/b16-10-. The maximum Gasteiger partial charge on any atom is 0.334 e. The van der Waals surface area contributed by atoms with Gasteiger partial charge in [-0.3, -0.25) is 0 Å².